The number of hydrogen-bond donors (Lipinski definition) is 0. The Hall–Kier alpha value is -5.02. The molecule has 0 N–H and O–H groups in total. The van der Waals surface area contributed by atoms with Gasteiger partial charge in [0.1, 0.15) is 11.0 Å². The summed E-state index contributed by atoms with van der Waals surface area (Å²) in [5.74, 6) is 0. The van der Waals surface area contributed by atoms with Crippen LogP contribution >= 0.6 is 56.7 Å². The van der Waals surface area contributed by atoms with Gasteiger partial charge in [-0.25, -0.2) is 9.97 Å². The molecule has 6 heterocycles. The van der Waals surface area contributed by atoms with Gasteiger partial charge in [0.05, 0.1) is 21.1 Å². The van der Waals surface area contributed by atoms with Gasteiger partial charge in [-0.1, -0.05) is 398 Å². The summed E-state index contributed by atoms with van der Waals surface area (Å²) in [5, 5.41) is 0. The Kier molecular flexibility index (Phi) is 38.4. The van der Waals surface area contributed by atoms with Crippen LogP contribution in [0.25, 0.3) is 93.5 Å². The van der Waals surface area contributed by atoms with Crippen molar-refractivity contribution in [2.75, 3.05) is 0 Å². The molecule has 6 aromatic heterocycles. The van der Waals surface area contributed by atoms with E-state index in [2.05, 4.69) is 189 Å². The van der Waals surface area contributed by atoms with Gasteiger partial charge in [0, 0.05) is 49.5 Å². The molecule has 0 saturated carbocycles. The molecule has 0 amide bonds. The van der Waals surface area contributed by atoms with Gasteiger partial charge < -0.3 is 0 Å². The van der Waals surface area contributed by atoms with Crippen molar-refractivity contribution in [2.24, 2.45) is 0 Å². The number of unbranched alkanes of at least 4 members (excludes halogenated alkanes) is 40. The molecule has 0 unspecified atom stereocenters. The molecule has 119 heavy (non-hydrogen) atoms. The number of aromatic nitrogens is 2. The minimum atomic E-state index is -0.0748. The van der Waals surface area contributed by atoms with Crippen LogP contribution in [-0.2, 0) is 36.5 Å². The second kappa shape index (κ2) is 49.0. The Morgan fingerprint density at radius 2 is 0.538 bits per heavy atom. The minimum Gasteiger partial charge on any atom is -0.248 e. The van der Waals surface area contributed by atoms with Crippen LogP contribution in [0.5, 0.6) is 0 Å². The number of aryl methyl sites for hydroxylation is 6. The van der Waals surface area contributed by atoms with E-state index in [0.717, 1.165) is 36.7 Å². The van der Waals surface area contributed by atoms with Crippen molar-refractivity contribution in [3.05, 3.63) is 152 Å². The summed E-state index contributed by atoms with van der Waals surface area (Å²) in [6, 6.07) is 41.3. The first-order chi connectivity index (χ1) is 58.6. The Morgan fingerprint density at radius 1 is 0.244 bits per heavy atom. The molecule has 0 aliphatic heterocycles. The zero-order valence-electron chi connectivity index (χ0n) is 76.8. The van der Waals surface area contributed by atoms with Crippen molar-refractivity contribution in [1.29, 1.82) is 0 Å². The van der Waals surface area contributed by atoms with Gasteiger partial charge in [0.25, 0.3) is 0 Å². The van der Waals surface area contributed by atoms with E-state index in [9.17, 15) is 0 Å². The van der Waals surface area contributed by atoms with Crippen LogP contribution in [0.3, 0.4) is 0 Å². The molecule has 0 fully saturated rings. The molecule has 646 valence electrons. The molecule has 7 heteroatoms. The SMILES string of the molecule is CCCCCCCCc1nc2c(-c3ccc(C)s3)sc(-c3ccc(-c4ccc5c(c4)C(CCCCCCCC)(CCCCCCCC)c4cc(-c6sc7c(CCCCCCCC)c(-c8ccc9c(c8)C(CCCCCCCC)(CCCCCCCC)c8cc(C)ccc8-9)sc7c6CCCCCCCC)ccc4-5)s3)c2nc1CCCCCCCC. The molecule has 2 nitrogen and oxygen atoms in total. The molecule has 0 atom stereocenters. The fraction of sp³-hybridized carbons (Fsp3) is 0.607. The van der Waals surface area contributed by atoms with E-state index < -0.39 is 0 Å². The first kappa shape index (κ1) is 93.1. The Bertz CT molecular complexity index is 4630. The molecule has 10 aromatic rings. The number of hydrogen-bond acceptors (Lipinski definition) is 7. The number of thiophene rings is 5. The van der Waals surface area contributed by atoms with Crippen LogP contribution in [0.15, 0.2) is 97.1 Å². The fourth-order valence-corrected chi connectivity index (χ4v) is 27.2. The summed E-state index contributed by atoms with van der Waals surface area (Å²) in [6.45, 7) is 23.5. The highest BCUT2D eigenvalue weighted by Crippen LogP contribution is 2.60. The number of nitrogens with zero attached hydrogens (tertiary/aromatic N) is 2. The van der Waals surface area contributed by atoms with Crippen LogP contribution in [0, 0.1) is 13.8 Å². The zero-order valence-corrected chi connectivity index (χ0v) is 80.9. The zero-order chi connectivity index (χ0) is 83.0. The maximum atomic E-state index is 5.87. The third-order valence-electron chi connectivity index (χ3n) is 27.8. The summed E-state index contributed by atoms with van der Waals surface area (Å²) >= 11 is 10.3. The van der Waals surface area contributed by atoms with E-state index in [4.69, 9.17) is 9.97 Å². The van der Waals surface area contributed by atoms with Gasteiger partial charge in [-0.3, -0.25) is 0 Å². The van der Waals surface area contributed by atoms with Gasteiger partial charge >= 0.3 is 0 Å². The Balaban J connectivity index is 0.970. The molecule has 0 radical (unpaired) electrons. The highest BCUT2D eigenvalue weighted by Gasteiger charge is 2.45. The highest BCUT2D eigenvalue weighted by molar-refractivity contribution is 7.32. The van der Waals surface area contributed by atoms with Crippen molar-refractivity contribution in [3.63, 3.8) is 0 Å². The Labute approximate surface area is 746 Å². The summed E-state index contributed by atoms with van der Waals surface area (Å²) < 4.78 is 3.24. The van der Waals surface area contributed by atoms with E-state index in [1.807, 2.05) is 34.0 Å². The summed E-state index contributed by atoms with van der Waals surface area (Å²) in [6.07, 6.45) is 72.6. The minimum absolute atomic E-state index is 0.0490. The lowest BCUT2D eigenvalue weighted by molar-refractivity contribution is 0.398. The third kappa shape index (κ3) is 24.0. The molecule has 12 rings (SSSR count). The van der Waals surface area contributed by atoms with E-state index in [1.165, 1.54) is 419 Å². The second-order valence-electron chi connectivity index (χ2n) is 37.3. The lowest BCUT2D eigenvalue weighted by Crippen LogP contribution is -2.25. The van der Waals surface area contributed by atoms with Crippen LogP contribution in [-0.4, -0.2) is 9.97 Å². The number of benzene rings is 4. The van der Waals surface area contributed by atoms with Crippen molar-refractivity contribution >= 4 is 77.1 Å². The topological polar surface area (TPSA) is 25.8 Å². The summed E-state index contributed by atoms with van der Waals surface area (Å²) in [5.41, 5.74) is 26.5. The van der Waals surface area contributed by atoms with Crippen molar-refractivity contribution in [2.45, 2.75) is 440 Å². The van der Waals surface area contributed by atoms with Gasteiger partial charge in [-0.05, 0) is 206 Å². The predicted octanol–water partition coefficient (Wildman–Crippen LogP) is 39.2. The number of rotatable bonds is 61. The third-order valence-corrected chi connectivity index (χ3v) is 34.3. The first-order valence-electron chi connectivity index (χ1n) is 50.2. The molecular weight excluding hydrogens is 1530 g/mol. The summed E-state index contributed by atoms with van der Waals surface area (Å²) in [7, 11) is 0. The smallest absolute Gasteiger partial charge is 0.109 e. The van der Waals surface area contributed by atoms with E-state index in [-0.39, 0.29) is 10.8 Å². The van der Waals surface area contributed by atoms with Gasteiger partial charge in [0.15, 0.2) is 0 Å². The average molecular weight is 1690 g/mol. The largest absolute Gasteiger partial charge is 0.248 e. The Morgan fingerprint density at radius 3 is 0.899 bits per heavy atom. The van der Waals surface area contributed by atoms with Crippen molar-refractivity contribution < 1.29 is 0 Å². The lowest BCUT2D eigenvalue weighted by Gasteiger charge is -2.33. The second-order valence-corrected chi connectivity index (χ2v) is 42.7. The maximum Gasteiger partial charge on any atom is 0.109 e. The predicted molar refractivity (Wildman–Crippen MR) is 536 cm³/mol. The van der Waals surface area contributed by atoms with E-state index in [1.54, 1.807) is 52.5 Å². The molecule has 2 aliphatic carbocycles. The van der Waals surface area contributed by atoms with Crippen LogP contribution in [0.4, 0.5) is 0 Å². The van der Waals surface area contributed by atoms with E-state index in [0.29, 0.717) is 0 Å². The van der Waals surface area contributed by atoms with Crippen LogP contribution < -0.4 is 0 Å². The lowest BCUT2D eigenvalue weighted by atomic mass is 9.70. The standard InChI is InChI=1S/C112H158N2S5/c1-11-19-27-35-43-51-59-92-105(86-66-70-90-88-68-63-83(9)79-94(88)111(96(90)81-86,75-55-47-39-31-23-15-5)76-56-48-40-32-24-16-6)117-108-93(60-52-44-36-28-20-12-2)106(118-107(92)108)87-67-71-91-89-69-65-85(80-95(89)112(97(91)82-87,77-57-49-41-33-25-17-7)78-58-50-42-34-26-18-8)100-73-74-102(116-100)110-104-103(109(119-110)101-72-64-84(10)115-101)113-98(61-53-45-37-29-21-13-3)99(114-104)62-54-46-38-30-22-14-4/h63-74,79-82H,11-62,75-78H2,1-10H3. The molecular formula is C112H158N2S5. The molecule has 0 bridgehead atoms. The van der Waals surface area contributed by atoms with Crippen molar-refractivity contribution in [3.8, 4) is 73.1 Å². The van der Waals surface area contributed by atoms with Crippen molar-refractivity contribution in [1.82, 2.24) is 9.97 Å². The highest BCUT2D eigenvalue weighted by atomic mass is 32.1. The monoisotopic (exact) mass is 1690 g/mol. The molecule has 2 aliphatic rings. The molecule has 0 spiro atoms. The van der Waals surface area contributed by atoms with Gasteiger partial charge in [-0.2, -0.15) is 0 Å². The van der Waals surface area contributed by atoms with Crippen LogP contribution in [0.2, 0.25) is 0 Å². The molecule has 4 aromatic carbocycles. The quantitative estimate of drug-likeness (QED) is 0.0355. The first-order valence-corrected chi connectivity index (χ1v) is 54.3. The van der Waals surface area contributed by atoms with E-state index >= 15 is 0 Å². The fourth-order valence-electron chi connectivity index (χ4n) is 20.9. The average Bonchev–Trinajstić information content (AvgIpc) is 1.56. The van der Waals surface area contributed by atoms with Crippen LogP contribution in [0.1, 0.15) is 444 Å². The normalized spacial score (nSPS) is 13.3. The maximum absolute atomic E-state index is 5.87. The molecule has 0 saturated heterocycles. The number of fused-ring (bicyclic) bond motifs is 8. The van der Waals surface area contributed by atoms with Gasteiger partial charge in [0.2, 0.25) is 0 Å². The summed E-state index contributed by atoms with van der Waals surface area (Å²) in [4.78, 5) is 22.9. The van der Waals surface area contributed by atoms with Gasteiger partial charge in [-0.15, -0.1) is 56.7 Å².